The van der Waals surface area contributed by atoms with Crippen LogP contribution < -0.4 is 4.74 Å². The van der Waals surface area contributed by atoms with E-state index in [1.165, 1.54) is 11.1 Å². The van der Waals surface area contributed by atoms with Crippen LogP contribution in [0.1, 0.15) is 332 Å². The van der Waals surface area contributed by atoms with E-state index >= 15 is 0 Å². The van der Waals surface area contributed by atoms with Crippen molar-refractivity contribution in [1.29, 1.82) is 0 Å². The second-order valence-corrected chi connectivity index (χ2v) is 50.5. The lowest BCUT2D eigenvalue weighted by atomic mass is 9.66. The maximum atomic E-state index is 11.9. The summed E-state index contributed by atoms with van der Waals surface area (Å²) in [4.78, 5) is 45.2. The van der Waals surface area contributed by atoms with Crippen molar-refractivity contribution in [2.24, 2.45) is 83.7 Å². The average molecular weight is 1650 g/mol. The van der Waals surface area contributed by atoms with E-state index in [1.807, 2.05) is 24.3 Å². The lowest BCUT2D eigenvalue weighted by Crippen LogP contribution is -2.36. The molecule has 3 heterocycles. The Bertz CT molecular complexity index is 3380. The molecule has 0 radical (unpaired) electrons. The summed E-state index contributed by atoms with van der Waals surface area (Å²) in [7, 11) is -4.47. The molecule has 7 atom stereocenters. The summed E-state index contributed by atoms with van der Waals surface area (Å²) >= 11 is 0. The molecule has 0 aromatic heterocycles. The SMILES string of the molecule is CC(C)(C)C.CC(C)(C)C.CC(C)(C)C.CC(C)(C)C.CC(C)(C)C1CC2CC1C1C(=O)OC(=O)C21.CC(C)(C)CCC1COC(=O)O1.CC(C)(C)CCC1COC(=O)O1.CC(C)(C)CCCS(=O)(=O)c1ccccc1.CC(C)(C)CCCS(=O)(=O)c1ccccc1.CC(C)(C)c1ccccc1.COc1ccc(CC(C)(C)C)cc1. The van der Waals surface area contributed by atoms with Crippen LogP contribution in [0.4, 0.5) is 9.59 Å². The number of hydrogen-bond acceptors (Lipinski definition) is 14. The molecule has 7 unspecified atom stereocenters. The van der Waals surface area contributed by atoms with Crippen LogP contribution in [0, 0.1) is 83.7 Å². The quantitative estimate of drug-likeness (QED) is 0.0658. The van der Waals surface area contributed by atoms with Crippen LogP contribution in [0.2, 0.25) is 0 Å². The molecule has 9 rings (SSSR count). The van der Waals surface area contributed by atoms with Gasteiger partial charge in [0.2, 0.25) is 0 Å². The molecule has 4 aromatic carbocycles. The van der Waals surface area contributed by atoms with Gasteiger partial charge in [-0.15, -0.1) is 0 Å². The van der Waals surface area contributed by atoms with Crippen LogP contribution >= 0.6 is 0 Å². The number of fused-ring (bicyclic) bond motifs is 5. The van der Waals surface area contributed by atoms with Crippen molar-refractivity contribution in [3.8, 4) is 5.75 Å². The molecule has 2 saturated carbocycles. The van der Waals surface area contributed by atoms with E-state index < -0.39 is 32.0 Å². The first-order chi connectivity index (χ1) is 51.6. The third kappa shape index (κ3) is 61.3. The van der Waals surface area contributed by atoms with Crippen molar-refractivity contribution < 1.29 is 64.4 Å². The summed E-state index contributed by atoms with van der Waals surface area (Å²) in [5.41, 5.74) is 6.65. The van der Waals surface area contributed by atoms with Crippen LogP contribution in [-0.4, -0.2) is 85.1 Å². The number of rotatable bonds is 14. The predicted octanol–water partition coefficient (Wildman–Crippen LogP) is 27.8. The number of hydrogen-bond donors (Lipinski definition) is 0. The highest BCUT2D eigenvalue weighted by molar-refractivity contribution is 7.91. The van der Waals surface area contributed by atoms with Crippen molar-refractivity contribution in [3.05, 3.63) is 126 Å². The Morgan fingerprint density at radius 1 is 0.383 bits per heavy atom. The van der Waals surface area contributed by atoms with E-state index in [0.717, 1.165) is 76.4 Å². The molecular weight excluding hydrogens is 1480 g/mol. The molecule has 2 aliphatic carbocycles. The van der Waals surface area contributed by atoms with Gasteiger partial charge in [-0.1, -0.05) is 335 Å². The minimum atomic E-state index is -3.08. The zero-order valence-corrected chi connectivity index (χ0v) is 81.8. The van der Waals surface area contributed by atoms with Crippen LogP contribution in [-0.2, 0) is 64.8 Å². The standard InChI is InChI=1S/C13H18O3.2C13H20O2S.C12H18O.C10H14.2C9H16O3.4C5H12/c1-13(2,3)8-5-6-4-7(8)10-9(6)11(14)16-12(10)15;2*1-13(2,3)10-7-11-16(14,15)12-8-5-4-6-9-12;1-12(2,3)9-10-5-7-11(13-4)8-6-10;1-10(2,3)9-7-5-4-6-8-9;2*1-9(2,3)5-4-7-6-11-8(10)12-7;4*1-5(2,3)4/h6-10H,4-5H2,1-3H3;2*4-6,8-9H,7,10-11H2,1-3H3;5-8H,9H2,1-4H3;4-8H,1-3H3;2*7H,4-6H2,1-3H3;4*1-4H3. The van der Waals surface area contributed by atoms with Gasteiger partial charge in [0.25, 0.3) is 0 Å². The zero-order valence-electron chi connectivity index (χ0n) is 80.1. The van der Waals surface area contributed by atoms with E-state index in [-0.39, 0.29) is 63.7 Å². The van der Waals surface area contributed by atoms with E-state index in [2.05, 4.69) is 308 Å². The molecule has 2 bridgehead atoms. The van der Waals surface area contributed by atoms with Gasteiger partial charge >= 0.3 is 24.2 Å². The molecule has 14 nitrogen and oxygen atoms in total. The largest absolute Gasteiger partial charge is 0.508 e. The zero-order chi connectivity index (χ0) is 90.0. The minimum Gasteiger partial charge on any atom is -0.497 e. The van der Waals surface area contributed by atoms with Crippen molar-refractivity contribution in [2.75, 3.05) is 31.8 Å². The van der Waals surface area contributed by atoms with E-state index in [9.17, 15) is 36.0 Å². The molecule has 4 aromatic rings. The molecule has 0 spiro atoms. The Kier molecular flexibility index (Phi) is 46.9. The van der Waals surface area contributed by atoms with Gasteiger partial charge in [-0.2, -0.15) is 0 Å². The topological polar surface area (TPSA) is 192 Å². The first-order valence-corrected chi connectivity index (χ1v) is 45.5. The second-order valence-electron chi connectivity index (χ2n) is 46.3. The number of methoxy groups -OCH3 is 1. The van der Waals surface area contributed by atoms with Gasteiger partial charge in [-0.05, 0) is 195 Å². The first kappa shape index (κ1) is 111. The Hall–Kier alpha value is -5.74. The number of ether oxygens (including phenoxy) is 6. The van der Waals surface area contributed by atoms with Crippen LogP contribution in [0.25, 0.3) is 0 Å². The van der Waals surface area contributed by atoms with Gasteiger partial charge in [0, 0.05) is 0 Å². The van der Waals surface area contributed by atoms with Crippen molar-refractivity contribution in [2.45, 2.75) is 354 Å². The summed E-state index contributed by atoms with van der Waals surface area (Å²) in [6.45, 7) is 81.8. The summed E-state index contributed by atoms with van der Waals surface area (Å²) in [6, 6.07) is 36.2. The summed E-state index contributed by atoms with van der Waals surface area (Å²) in [5, 5.41) is 0. The molecule has 3 aliphatic heterocycles. The molecule has 16 heteroatoms. The van der Waals surface area contributed by atoms with E-state index in [0.29, 0.717) is 84.1 Å². The van der Waals surface area contributed by atoms with Crippen LogP contribution in [0.3, 0.4) is 0 Å². The first-order valence-electron chi connectivity index (χ1n) is 42.2. The van der Waals surface area contributed by atoms with E-state index in [4.69, 9.17) is 18.9 Å². The summed E-state index contributed by atoms with van der Waals surface area (Å²) < 4.78 is 76.7. The highest BCUT2D eigenvalue weighted by Gasteiger charge is 2.64. The lowest BCUT2D eigenvalue weighted by Gasteiger charge is -2.37. The summed E-state index contributed by atoms with van der Waals surface area (Å²) in [6.07, 6.45) is 9.38. The van der Waals surface area contributed by atoms with Gasteiger partial charge in [0.15, 0.2) is 19.7 Å². The van der Waals surface area contributed by atoms with Gasteiger partial charge in [0.05, 0.1) is 40.2 Å². The summed E-state index contributed by atoms with van der Waals surface area (Å²) in [5.74, 6) is 2.04. The predicted molar refractivity (Wildman–Crippen MR) is 483 cm³/mol. The molecular formula is C99H170O14S2. The van der Waals surface area contributed by atoms with Crippen molar-refractivity contribution >= 4 is 43.9 Å². The molecule has 0 amide bonds. The number of benzene rings is 4. The Morgan fingerprint density at radius 2 is 0.696 bits per heavy atom. The van der Waals surface area contributed by atoms with E-state index in [1.54, 1.807) is 55.6 Å². The van der Waals surface area contributed by atoms with Crippen molar-refractivity contribution in [3.63, 3.8) is 0 Å². The monoisotopic (exact) mass is 1650 g/mol. The maximum absolute atomic E-state index is 11.9. The minimum absolute atomic E-state index is 0.0169. The van der Waals surface area contributed by atoms with Gasteiger partial charge in [-0.3, -0.25) is 9.59 Å². The molecule has 5 aliphatic rings. The number of carbonyl (C=O) groups excluding carboxylic acids is 4. The Labute approximate surface area is 706 Å². The third-order valence-corrected chi connectivity index (χ3v) is 20.6. The fourth-order valence-electron chi connectivity index (χ4n) is 11.8. The smallest absolute Gasteiger partial charge is 0.497 e. The van der Waals surface area contributed by atoms with Crippen LogP contribution in [0.5, 0.6) is 5.75 Å². The van der Waals surface area contributed by atoms with Gasteiger partial charge in [0.1, 0.15) is 31.2 Å². The number of carbonyl (C=O) groups is 4. The van der Waals surface area contributed by atoms with Crippen LogP contribution in [0.15, 0.2) is 125 Å². The molecule has 5 fully saturated rings. The normalized spacial score (nSPS) is 19.2. The fourth-order valence-corrected chi connectivity index (χ4v) is 14.5. The second kappa shape index (κ2) is 48.5. The molecule has 662 valence electrons. The molecule has 0 N–H and O–H groups in total. The van der Waals surface area contributed by atoms with Gasteiger partial charge < -0.3 is 28.4 Å². The van der Waals surface area contributed by atoms with Crippen molar-refractivity contribution in [1.82, 2.24) is 0 Å². The van der Waals surface area contributed by atoms with Gasteiger partial charge in [-0.25, -0.2) is 26.4 Å². The highest BCUT2D eigenvalue weighted by atomic mass is 32.2. The maximum Gasteiger partial charge on any atom is 0.508 e. The Balaban J connectivity index is 0. The average Bonchev–Trinajstić information content (AvgIpc) is 1.56. The Morgan fingerprint density at radius 3 is 0.957 bits per heavy atom. The highest BCUT2D eigenvalue weighted by Crippen LogP contribution is 2.62. The number of cyclic esters (lactones) is 6. The lowest BCUT2D eigenvalue weighted by molar-refractivity contribution is -0.154. The molecule has 3 saturated heterocycles. The molecule has 115 heavy (non-hydrogen) atoms. The fraction of sp³-hybridized carbons (Fsp3) is 0.717. The number of sulfone groups is 2. The third-order valence-electron chi connectivity index (χ3n) is 17.0. The number of esters is 2.